The Morgan fingerprint density at radius 1 is 1.67 bits per heavy atom. The predicted molar refractivity (Wildman–Crippen MR) is 42.1 cm³/mol. The zero-order chi connectivity index (χ0) is 6.85. The number of hydrogen-bond acceptors (Lipinski definition) is 1. The fraction of sp³-hybridized carbons (Fsp3) is 0.400. The van der Waals surface area contributed by atoms with Crippen molar-refractivity contribution in [3.63, 3.8) is 0 Å². The van der Waals surface area contributed by atoms with Crippen LogP contribution >= 0.6 is 20.7 Å². The minimum absolute atomic E-state index is 0.488. The summed E-state index contributed by atoms with van der Waals surface area (Å²) in [5.74, 6) is -0.488. The van der Waals surface area contributed by atoms with Crippen molar-refractivity contribution in [2.45, 2.75) is 12.2 Å². The molecule has 0 aliphatic carbocycles. The summed E-state index contributed by atoms with van der Waals surface area (Å²) < 4.78 is 27.6. The van der Waals surface area contributed by atoms with Crippen molar-refractivity contribution in [3.05, 3.63) is 9.91 Å². The lowest BCUT2D eigenvalue weighted by molar-refractivity contribution is 0.363. The number of hydrogen-bond donors (Lipinski definition) is 1. The van der Waals surface area contributed by atoms with Gasteiger partial charge >= 0.3 is 0 Å². The van der Waals surface area contributed by atoms with Crippen molar-refractivity contribution >= 4 is 24.7 Å². The van der Waals surface area contributed by atoms with Crippen LogP contribution in [-0.2, 0) is 0 Å². The van der Waals surface area contributed by atoms with Crippen LogP contribution in [0.15, 0.2) is 9.91 Å². The second kappa shape index (κ2) is 2.83. The highest BCUT2D eigenvalue weighted by atomic mass is 127. The van der Waals surface area contributed by atoms with Crippen LogP contribution in [0.25, 0.3) is 0 Å². The van der Waals surface area contributed by atoms with Crippen molar-refractivity contribution in [2.75, 3.05) is 0 Å². The first-order chi connectivity index (χ1) is 4.22. The van der Waals surface area contributed by atoms with Crippen LogP contribution < -0.4 is 5.73 Å². The van der Waals surface area contributed by atoms with Crippen LogP contribution in [-0.4, -0.2) is 16.2 Å². The normalized spacial score (nSPS) is 35.2. The molecule has 1 rings (SSSR count). The molecule has 0 amide bonds. The van der Waals surface area contributed by atoms with Gasteiger partial charge in [-0.25, -0.2) is 8.78 Å². The summed E-state index contributed by atoms with van der Waals surface area (Å²) >= 11 is -0.510. The zero-order valence-electron chi connectivity index (χ0n) is 4.52. The first kappa shape index (κ1) is 7.27. The second-order valence-corrected chi connectivity index (χ2v) is 3.78. The van der Waals surface area contributed by atoms with E-state index in [9.17, 15) is 8.78 Å². The van der Waals surface area contributed by atoms with Crippen molar-refractivity contribution in [1.82, 2.24) is 0 Å². The molecular formula is C5H6F2IN. The van der Waals surface area contributed by atoms with E-state index >= 15 is 0 Å². The largest absolute Gasteiger partial charge is 0.319 e. The van der Waals surface area contributed by atoms with Crippen LogP contribution in [0.3, 0.4) is 0 Å². The van der Waals surface area contributed by atoms with Crippen molar-refractivity contribution in [1.29, 1.82) is 0 Å². The van der Waals surface area contributed by atoms with Crippen molar-refractivity contribution in [3.8, 4) is 0 Å². The average molecular weight is 245 g/mol. The molecule has 1 aliphatic heterocycles. The molecule has 1 aliphatic rings. The molecule has 2 unspecified atom stereocenters. The molecule has 0 aromatic rings. The summed E-state index contributed by atoms with van der Waals surface area (Å²) in [4.78, 5) is 0. The molecule has 0 spiro atoms. The average Bonchev–Trinajstić information content (AvgIpc) is 1.83. The van der Waals surface area contributed by atoms with Crippen LogP contribution in [0.1, 0.15) is 0 Å². The molecule has 4 heteroatoms. The Bertz CT molecular complexity index is 166. The van der Waals surface area contributed by atoms with Gasteiger partial charge < -0.3 is 5.73 Å². The maximum Gasteiger partial charge on any atom is 0.145 e. The van der Waals surface area contributed by atoms with Crippen LogP contribution in [0, 0.1) is 0 Å². The Morgan fingerprint density at radius 3 is 2.78 bits per heavy atom. The molecular weight excluding hydrogens is 239 g/mol. The van der Waals surface area contributed by atoms with Crippen LogP contribution in [0.2, 0.25) is 0 Å². The smallest absolute Gasteiger partial charge is 0.145 e. The van der Waals surface area contributed by atoms with E-state index in [4.69, 9.17) is 5.73 Å². The monoisotopic (exact) mass is 245 g/mol. The quantitative estimate of drug-likeness (QED) is 0.638. The third-order valence-corrected chi connectivity index (χ3v) is 3.08. The van der Waals surface area contributed by atoms with E-state index in [-0.39, 0.29) is 0 Å². The topological polar surface area (TPSA) is 26.0 Å². The molecule has 0 aromatic heterocycles. The van der Waals surface area contributed by atoms with Gasteiger partial charge in [0.15, 0.2) is 0 Å². The highest BCUT2D eigenvalue weighted by Gasteiger charge is 2.20. The fourth-order valence-electron chi connectivity index (χ4n) is 0.469. The standard InChI is InChI=1S/C5H6F2IN/c6-3-1-8-2-4(7)5(3)9/h1-3,5H,9H2. The molecule has 2 atom stereocenters. The highest BCUT2D eigenvalue weighted by Crippen LogP contribution is 2.19. The van der Waals surface area contributed by atoms with Crippen molar-refractivity contribution in [2.24, 2.45) is 5.73 Å². The molecule has 52 valence electrons. The summed E-state index contributed by atoms with van der Waals surface area (Å²) in [5.41, 5.74) is 5.09. The lowest BCUT2D eigenvalue weighted by Crippen LogP contribution is -2.33. The van der Waals surface area contributed by atoms with Crippen molar-refractivity contribution < 1.29 is 8.78 Å². The van der Waals surface area contributed by atoms with E-state index in [1.165, 1.54) is 8.09 Å². The Balaban J connectivity index is 2.73. The summed E-state index contributed by atoms with van der Waals surface area (Å²) in [6.07, 6.45) is -1.26. The van der Waals surface area contributed by atoms with Gasteiger partial charge in [-0.15, -0.1) is 0 Å². The van der Waals surface area contributed by atoms with Gasteiger partial charge in [0.2, 0.25) is 0 Å². The van der Waals surface area contributed by atoms with Gasteiger partial charge in [0, 0.05) is 4.08 Å². The summed E-state index contributed by atoms with van der Waals surface area (Å²) in [6.45, 7) is 0. The van der Waals surface area contributed by atoms with Gasteiger partial charge in [0.05, 0.1) is 6.04 Å². The molecule has 9 heavy (non-hydrogen) atoms. The Labute approximate surface area is 61.7 Å². The van der Waals surface area contributed by atoms with E-state index in [1.54, 1.807) is 0 Å². The maximum atomic E-state index is 12.4. The highest BCUT2D eigenvalue weighted by molar-refractivity contribution is 14.2. The Morgan fingerprint density at radius 2 is 2.33 bits per heavy atom. The van der Waals surface area contributed by atoms with E-state index in [0.717, 1.165) is 0 Å². The first-order valence-electron chi connectivity index (χ1n) is 2.42. The summed E-state index contributed by atoms with van der Waals surface area (Å²) in [7, 11) is 0. The molecule has 0 fully saturated rings. The molecule has 1 heterocycles. The van der Waals surface area contributed by atoms with Crippen LogP contribution in [0.5, 0.6) is 0 Å². The Hall–Kier alpha value is 0.160. The number of alkyl halides is 1. The molecule has 0 saturated heterocycles. The zero-order valence-corrected chi connectivity index (χ0v) is 6.68. The molecule has 0 aromatic carbocycles. The van der Waals surface area contributed by atoms with Crippen LogP contribution in [0.4, 0.5) is 8.78 Å². The fourth-order valence-corrected chi connectivity index (χ4v) is 2.28. The minimum Gasteiger partial charge on any atom is -0.319 e. The maximum absolute atomic E-state index is 12.4. The van der Waals surface area contributed by atoms with Gasteiger partial charge in [-0.3, -0.25) is 0 Å². The third kappa shape index (κ3) is 1.54. The van der Waals surface area contributed by atoms with Gasteiger partial charge in [0.1, 0.15) is 12.0 Å². The lowest BCUT2D eigenvalue weighted by Gasteiger charge is -2.12. The third-order valence-electron chi connectivity index (χ3n) is 1.02. The predicted octanol–water partition coefficient (Wildman–Crippen LogP) is 1.25. The van der Waals surface area contributed by atoms with E-state index < -0.39 is 38.8 Å². The second-order valence-electron chi connectivity index (χ2n) is 1.72. The number of rotatable bonds is 0. The number of halogens is 3. The van der Waals surface area contributed by atoms with E-state index in [2.05, 4.69) is 0 Å². The molecule has 0 saturated carbocycles. The van der Waals surface area contributed by atoms with E-state index in [0.29, 0.717) is 0 Å². The molecule has 0 radical (unpaired) electrons. The molecule has 1 nitrogen and oxygen atoms in total. The Kier molecular flexibility index (Phi) is 2.29. The summed E-state index contributed by atoms with van der Waals surface area (Å²) in [6, 6.07) is -1.03. The number of nitrogens with two attached hydrogens (primary N) is 1. The van der Waals surface area contributed by atoms with E-state index in [1.807, 2.05) is 0 Å². The van der Waals surface area contributed by atoms with Gasteiger partial charge in [-0.2, -0.15) is 0 Å². The molecule has 2 N–H and O–H groups in total. The van der Waals surface area contributed by atoms with Gasteiger partial charge in [-0.05, 0) is 4.01 Å². The van der Waals surface area contributed by atoms with Gasteiger partial charge in [0.25, 0.3) is 0 Å². The minimum atomic E-state index is -1.26. The first-order valence-corrected chi connectivity index (χ1v) is 4.91. The van der Waals surface area contributed by atoms with Gasteiger partial charge in [-0.1, -0.05) is 20.7 Å². The lowest BCUT2D eigenvalue weighted by atomic mass is 10.2. The SMILES string of the molecule is NC1C(F)=CI=CC1F. The molecule has 0 bridgehead atoms. The summed E-state index contributed by atoms with van der Waals surface area (Å²) in [5, 5.41) is 0.